The van der Waals surface area contributed by atoms with Crippen LogP contribution in [0.25, 0.3) is 0 Å². The Morgan fingerprint density at radius 1 is 1.33 bits per heavy atom. The minimum atomic E-state index is -0.554. The average Bonchev–Trinajstić information content (AvgIpc) is 2.84. The number of nitrogens with one attached hydrogen (secondary N) is 1. The van der Waals surface area contributed by atoms with Gasteiger partial charge in [-0.15, -0.1) is 0 Å². The molecule has 0 aromatic rings. The van der Waals surface area contributed by atoms with Gasteiger partial charge in [0.05, 0.1) is 6.54 Å². The van der Waals surface area contributed by atoms with Crippen molar-refractivity contribution in [3.05, 3.63) is 0 Å². The quantitative estimate of drug-likeness (QED) is 0.734. The topological polar surface area (TPSA) is 58.6 Å². The molecule has 5 heteroatoms. The maximum atomic E-state index is 12.1. The van der Waals surface area contributed by atoms with Gasteiger partial charge in [-0.1, -0.05) is 12.8 Å². The number of ether oxygens (including phenoxy) is 1. The molecule has 1 aliphatic heterocycles. The molecule has 102 valence electrons. The van der Waals surface area contributed by atoms with Crippen molar-refractivity contribution in [3.8, 4) is 0 Å². The molecule has 1 saturated carbocycles. The Morgan fingerprint density at radius 3 is 2.72 bits per heavy atom. The van der Waals surface area contributed by atoms with Crippen LogP contribution >= 0.6 is 0 Å². The van der Waals surface area contributed by atoms with Gasteiger partial charge in [0.15, 0.2) is 0 Å². The lowest BCUT2D eigenvalue weighted by Gasteiger charge is -2.43. The highest BCUT2D eigenvalue weighted by atomic mass is 16.5. The minimum absolute atomic E-state index is 0.0380. The maximum Gasteiger partial charge on any atom is 0.246 e. The van der Waals surface area contributed by atoms with Crippen molar-refractivity contribution in [1.29, 1.82) is 0 Å². The first-order valence-corrected chi connectivity index (χ1v) is 6.87. The van der Waals surface area contributed by atoms with E-state index in [0.29, 0.717) is 19.8 Å². The van der Waals surface area contributed by atoms with E-state index < -0.39 is 5.54 Å². The summed E-state index contributed by atoms with van der Waals surface area (Å²) in [5.41, 5.74) is -0.554. The van der Waals surface area contributed by atoms with Gasteiger partial charge in [0.2, 0.25) is 11.8 Å². The van der Waals surface area contributed by atoms with Crippen molar-refractivity contribution in [2.75, 3.05) is 26.3 Å². The molecule has 0 radical (unpaired) electrons. The van der Waals surface area contributed by atoms with Crippen molar-refractivity contribution in [1.82, 2.24) is 10.2 Å². The second kappa shape index (κ2) is 5.69. The molecule has 0 unspecified atom stereocenters. The van der Waals surface area contributed by atoms with Crippen LogP contribution in [0.3, 0.4) is 0 Å². The fourth-order valence-electron chi connectivity index (χ4n) is 3.04. The summed E-state index contributed by atoms with van der Waals surface area (Å²) in [7, 11) is 0. The first kappa shape index (κ1) is 13.3. The van der Waals surface area contributed by atoms with Crippen molar-refractivity contribution >= 4 is 11.8 Å². The molecule has 1 aliphatic carbocycles. The number of carbonyl (C=O) groups is 2. The van der Waals surface area contributed by atoms with Crippen molar-refractivity contribution in [2.45, 2.75) is 44.6 Å². The Morgan fingerprint density at radius 2 is 2.06 bits per heavy atom. The third-order valence-electron chi connectivity index (χ3n) is 3.95. The van der Waals surface area contributed by atoms with E-state index in [1.54, 1.807) is 4.90 Å². The molecule has 0 aromatic heterocycles. The molecular weight excluding hydrogens is 232 g/mol. The highest BCUT2D eigenvalue weighted by Crippen LogP contribution is 2.37. The summed E-state index contributed by atoms with van der Waals surface area (Å²) in [6.07, 6.45) is 4.47. The average molecular weight is 254 g/mol. The molecule has 5 nitrogen and oxygen atoms in total. The van der Waals surface area contributed by atoms with E-state index in [9.17, 15) is 9.59 Å². The van der Waals surface area contributed by atoms with Crippen molar-refractivity contribution in [3.63, 3.8) is 0 Å². The summed E-state index contributed by atoms with van der Waals surface area (Å²) in [5.74, 6) is 0.0870. The summed E-state index contributed by atoms with van der Waals surface area (Å²) in [6.45, 7) is 4.08. The highest BCUT2D eigenvalue weighted by molar-refractivity contribution is 5.98. The first-order chi connectivity index (χ1) is 8.70. The summed E-state index contributed by atoms with van der Waals surface area (Å²) >= 11 is 0. The minimum Gasteiger partial charge on any atom is -0.382 e. The van der Waals surface area contributed by atoms with E-state index in [0.717, 1.165) is 32.1 Å². The Kier molecular flexibility index (Phi) is 4.22. The van der Waals surface area contributed by atoms with Gasteiger partial charge in [-0.05, 0) is 26.2 Å². The molecule has 2 aliphatic rings. The number of piperazine rings is 1. The van der Waals surface area contributed by atoms with E-state index in [1.165, 1.54) is 0 Å². The molecule has 2 fully saturated rings. The predicted octanol–water partition coefficient (Wildman–Crippen LogP) is 0.684. The number of carbonyl (C=O) groups excluding carboxylic acids is 2. The summed E-state index contributed by atoms with van der Waals surface area (Å²) in [5, 5.41) is 2.73. The Bertz CT molecular complexity index is 324. The van der Waals surface area contributed by atoms with Crippen LogP contribution in [0, 0.1) is 0 Å². The number of amides is 2. The third kappa shape index (κ3) is 2.36. The lowest BCUT2D eigenvalue weighted by Crippen LogP contribution is -2.66. The molecule has 0 bridgehead atoms. The van der Waals surface area contributed by atoms with E-state index in [4.69, 9.17) is 4.74 Å². The van der Waals surface area contributed by atoms with Gasteiger partial charge < -0.3 is 15.0 Å². The van der Waals surface area contributed by atoms with E-state index >= 15 is 0 Å². The largest absolute Gasteiger partial charge is 0.382 e. The molecule has 0 aromatic carbocycles. The SMILES string of the molecule is CCOCCCN1C(=O)CNC(=O)C12CCCC2. The van der Waals surface area contributed by atoms with E-state index in [-0.39, 0.29) is 18.4 Å². The molecule has 2 rings (SSSR count). The summed E-state index contributed by atoms with van der Waals surface area (Å²) in [6, 6.07) is 0. The van der Waals surface area contributed by atoms with Crippen LogP contribution in [0.2, 0.25) is 0 Å². The Hall–Kier alpha value is -1.10. The number of hydrogen-bond acceptors (Lipinski definition) is 3. The van der Waals surface area contributed by atoms with Crippen LogP contribution < -0.4 is 5.32 Å². The van der Waals surface area contributed by atoms with Gasteiger partial charge in [0, 0.05) is 19.8 Å². The highest BCUT2D eigenvalue weighted by Gasteiger charge is 2.50. The molecule has 1 N–H and O–H groups in total. The fraction of sp³-hybridized carbons (Fsp3) is 0.846. The van der Waals surface area contributed by atoms with Crippen LogP contribution in [0.4, 0.5) is 0 Å². The zero-order valence-electron chi connectivity index (χ0n) is 11.0. The predicted molar refractivity (Wildman–Crippen MR) is 67.0 cm³/mol. The second-order valence-corrected chi connectivity index (χ2v) is 5.02. The number of hydrogen-bond donors (Lipinski definition) is 1. The molecule has 18 heavy (non-hydrogen) atoms. The van der Waals surface area contributed by atoms with Crippen LogP contribution in [0.15, 0.2) is 0 Å². The van der Waals surface area contributed by atoms with Gasteiger partial charge in [0.25, 0.3) is 0 Å². The second-order valence-electron chi connectivity index (χ2n) is 5.02. The summed E-state index contributed by atoms with van der Waals surface area (Å²) in [4.78, 5) is 26.0. The van der Waals surface area contributed by atoms with Crippen LogP contribution in [-0.2, 0) is 14.3 Å². The normalized spacial score (nSPS) is 22.6. The van der Waals surface area contributed by atoms with Crippen LogP contribution in [0.5, 0.6) is 0 Å². The third-order valence-corrected chi connectivity index (χ3v) is 3.95. The van der Waals surface area contributed by atoms with E-state index in [2.05, 4.69) is 5.32 Å². The molecule has 1 heterocycles. The standard InChI is InChI=1S/C13H22N2O3/c1-2-18-9-5-8-15-11(16)10-14-12(17)13(15)6-3-4-7-13/h2-10H2,1H3,(H,14,17). The lowest BCUT2D eigenvalue weighted by atomic mass is 9.91. The zero-order valence-corrected chi connectivity index (χ0v) is 11.0. The van der Waals surface area contributed by atoms with Crippen molar-refractivity contribution < 1.29 is 14.3 Å². The lowest BCUT2D eigenvalue weighted by molar-refractivity contribution is -0.153. The zero-order chi connectivity index (χ0) is 13.0. The number of rotatable bonds is 5. The van der Waals surface area contributed by atoms with Gasteiger partial charge >= 0.3 is 0 Å². The maximum absolute atomic E-state index is 12.1. The van der Waals surface area contributed by atoms with Gasteiger partial charge in [0.1, 0.15) is 5.54 Å². The van der Waals surface area contributed by atoms with Crippen molar-refractivity contribution in [2.24, 2.45) is 0 Å². The number of nitrogens with zero attached hydrogens (tertiary/aromatic N) is 1. The summed E-state index contributed by atoms with van der Waals surface area (Å²) < 4.78 is 5.30. The molecule has 2 amide bonds. The smallest absolute Gasteiger partial charge is 0.246 e. The van der Waals surface area contributed by atoms with Gasteiger partial charge in [-0.25, -0.2) is 0 Å². The Balaban J connectivity index is 2.02. The fourth-order valence-corrected chi connectivity index (χ4v) is 3.04. The van der Waals surface area contributed by atoms with E-state index in [1.807, 2.05) is 6.92 Å². The monoisotopic (exact) mass is 254 g/mol. The first-order valence-electron chi connectivity index (χ1n) is 6.87. The molecule has 1 saturated heterocycles. The van der Waals surface area contributed by atoms with Crippen LogP contribution in [-0.4, -0.2) is 48.6 Å². The van der Waals surface area contributed by atoms with Gasteiger partial charge in [-0.3, -0.25) is 9.59 Å². The van der Waals surface area contributed by atoms with Gasteiger partial charge in [-0.2, -0.15) is 0 Å². The molecule has 0 atom stereocenters. The Labute approximate surface area is 108 Å². The molecular formula is C13H22N2O3. The molecule has 1 spiro atoms. The van der Waals surface area contributed by atoms with Crippen LogP contribution in [0.1, 0.15) is 39.0 Å².